The van der Waals surface area contributed by atoms with Crippen molar-refractivity contribution in [2.24, 2.45) is 0 Å². The Hall–Kier alpha value is -3.63. The summed E-state index contributed by atoms with van der Waals surface area (Å²) in [6.45, 7) is 1.08. The molecule has 2 atom stereocenters. The molecule has 0 radical (unpaired) electrons. The predicted octanol–water partition coefficient (Wildman–Crippen LogP) is 1.65. The van der Waals surface area contributed by atoms with E-state index in [1.165, 1.54) is 4.90 Å². The molecule has 2 aliphatic heterocycles. The molecule has 1 aromatic carbocycles. The van der Waals surface area contributed by atoms with Gasteiger partial charge in [-0.1, -0.05) is 0 Å². The summed E-state index contributed by atoms with van der Waals surface area (Å²) in [7, 11) is 0. The summed E-state index contributed by atoms with van der Waals surface area (Å²) in [6.07, 6.45) is 1.59. The van der Waals surface area contributed by atoms with Crippen molar-refractivity contribution < 1.29 is 32.7 Å². The molecule has 2 aromatic rings. The van der Waals surface area contributed by atoms with Crippen molar-refractivity contribution in [2.75, 3.05) is 6.54 Å². The number of nitrogens with one attached hydrogen (secondary N) is 1. The highest BCUT2D eigenvalue weighted by molar-refractivity contribution is 6.01. The van der Waals surface area contributed by atoms with Crippen LogP contribution in [0.2, 0.25) is 0 Å². The van der Waals surface area contributed by atoms with Gasteiger partial charge in [0.2, 0.25) is 5.43 Å². The smallest absolute Gasteiger partial charge is 0.274 e. The van der Waals surface area contributed by atoms with Gasteiger partial charge < -0.3 is 19.9 Å². The number of halogens is 3. The van der Waals surface area contributed by atoms with Crippen LogP contribution in [0.4, 0.5) is 13.2 Å². The molecule has 8 nitrogen and oxygen atoms in total. The summed E-state index contributed by atoms with van der Waals surface area (Å²) in [5.74, 6) is -6.52. The number of fused-ring (bicyclic) bond motifs is 4. The Morgan fingerprint density at radius 2 is 1.84 bits per heavy atom. The van der Waals surface area contributed by atoms with Gasteiger partial charge in [-0.15, -0.1) is 0 Å². The molecule has 0 unspecified atom stereocenters. The number of hydrogen-bond acceptors (Lipinski definition) is 5. The third-order valence-electron chi connectivity index (χ3n) is 5.87. The number of ketones is 1. The fraction of sp³-hybridized carbons (Fsp3) is 0.333. The number of carbonyl (C=O) groups excluding carboxylic acids is 3. The second-order valence-electron chi connectivity index (χ2n) is 7.83. The molecule has 1 fully saturated rings. The first kappa shape index (κ1) is 21.6. The van der Waals surface area contributed by atoms with Gasteiger partial charge in [0.05, 0.1) is 0 Å². The molecular weight excluding hydrogens is 431 g/mol. The van der Waals surface area contributed by atoms with Gasteiger partial charge in [-0.2, -0.15) is 0 Å². The number of rotatable bonds is 3. The summed E-state index contributed by atoms with van der Waals surface area (Å²) in [4.78, 5) is 52.0. The van der Waals surface area contributed by atoms with Crippen molar-refractivity contribution in [3.05, 3.63) is 62.8 Å². The first-order chi connectivity index (χ1) is 15.1. The molecule has 2 aliphatic rings. The van der Waals surface area contributed by atoms with Gasteiger partial charge in [-0.3, -0.25) is 19.2 Å². The number of Topliss-reactive ketones (excluding diaryl/α,β-unsaturated/α-hetero) is 1. The minimum absolute atomic E-state index is 0.0290. The average molecular weight is 449 g/mol. The van der Waals surface area contributed by atoms with Crippen LogP contribution in [0.1, 0.15) is 52.2 Å². The van der Waals surface area contributed by atoms with Crippen LogP contribution in [0.5, 0.6) is 5.75 Å². The number of pyridine rings is 1. The SMILES string of the molecule is C[C@H]1CCC(=O)[C@H]2CN1C(=O)c1c(O)c(=O)c(C(=O)NCc3c(F)cc(F)cc3F)cn12. The normalized spacial score (nSPS) is 20.1. The maximum atomic E-state index is 13.8. The first-order valence-electron chi connectivity index (χ1n) is 9.83. The van der Waals surface area contributed by atoms with E-state index in [1.807, 2.05) is 0 Å². The molecule has 1 saturated heterocycles. The van der Waals surface area contributed by atoms with Crippen molar-refractivity contribution in [1.82, 2.24) is 14.8 Å². The van der Waals surface area contributed by atoms with Gasteiger partial charge >= 0.3 is 0 Å². The molecule has 2 amide bonds. The Kier molecular flexibility index (Phi) is 5.27. The molecular formula is C21H18F3N3O5. The highest BCUT2D eigenvalue weighted by atomic mass is 19.1. The average Bonchev–Trinajstić information content (AvgIpc) is 2.85. The van der Waals surface area contributed by atoms with Crippen LogP contribution in [0.25, 0.3) is 0 Å². The molecule has 0 saturated carbocycles. The molecule has 4 rings (SSSR count). The van der Waals surface area contributed by atoms with Crippen LogP contribution >= 0.6 is 0 Å². The molecule has 2 N–H and O–H groups in total. The number of hydrogen-bond donors (Lipinski definition) is 2. The van der Waals surface area contributed by atoms with E-state index in [0.29, 0.717) is 18.6 Å². The largest absolute Gasteiger partial charge is 0.503 e. The summed E-state index contributed by atoms with van der Waals surface area (Å²) >= 11 is 0. The van der Waals surface area contributed by atoms with Crippen molar-refractivity contribution in [3.8, 4) is 5.75 Å². The van der Waals surface area contributed by atoms with Crippen LogP contribution in [0.15, 0.2) is 23.1 Å². The van der Waals surface area contributed by atoms with Gasteiger partial charge in [0.1, 0.15) is 29.1 Å². The highest BCUT2D eigenvalue weighted by Gasteiger charge is 2.41. The monoisotopic (exact) mass is 449 g/mol. The van der Waals surface area contributed by atoms with E-state index in [9.17, 15) is 37.5 Å². The molecule has 1 aromatic heterocycles. The lowest BCUT2D eigenvalue weighted by molar-refractivity contribution is -0.122. The van der Waals surface area contributed by atoms with E-state index >= 15 is 0 Å². The fourth-order valence-electron chi connectivity index (χ4n) is 4.05. The number of carbonyl (C=O) groups is 3. The van der Waals surface area contributed by atoms with Gasteiger partial charge in [0, 0.05) is 49.4 Å². The maximum Gasteiger partial charge on any atom is 0.274 e. The van der Waals surface area contributed by atoms with E-state index in [0.717, 1.165) is 10.8 Å². The number of amides is 2. The standard InChI is InChI=1S/C21H18F3N3O5/c1-9-2-3-16(28)15-8-26(9)21(32)17-19(30)18(29)12(7-27(15)17)20(31)25-6-11-13(23)4-10(22)5-14(11)24/h4-5,7,9,15,30H,2-3,6,8H2,1H3,(H,25,31)/t9-,15+/m0/s1. The zero-order valence-corrected chi connectivity index (χ0v) is 16.8. The fourth-order valence-corrected chi connectivity index (χ4v) is 4.05. The van der Waals surface area contributed by atoms with Crippen LogP contribution in [0.3, 0.4) is 0 Å². The summed E-state index contributed by atoms with van der Waals surface area (Å²) in [6, 6.07) is -0.277. The third kappa shape index (κ3) is 3.43. The minimum atomic E-state index is -1.23. The lowest BCUT2D eigenvalue weighted by Gasteiger charge is -2.36. The van der Waals surface area contributed by atoms with E-state index in [2.05, 4.69) is 5.32 Å². The van der Waals surface area contributed by atoms with Crippen LogP contribution < -0.4 is 10.7 Å². The number of aromatic hydroxyl groups is 1. The van der Waals surface area contributed by atoms with Crippen LogP contribution in [0, 0.1) is 17.5 Å². The van der Waals surface area contributed by atoms with Crippen molar-refractivity contribution in [3.63, 3.8) is 0 Å². The van der Waals surface area contributed by atoms with E-state index in [4.69, 9.17) is 0 Å². The molecule has 3 heterocycles. The Balaban J connectivity index is 1.71. The number of aromatic nitrogens is 1. The predicted molar refractivity (Wildman–Crippen MR) is 104 cm³/mol. The van der Waals surface area contributed by atoms with E-state index in [1.54, 1.807) is 6.92 Å². The van der Waals surface area contributed by atoms with Gasteiger partial charge in [-0.25, -0.2) is 13.2 Å². The minimum Gasteiger partial charge on any atom is -0.503 e. The lowest BCUT2D eigenvalue weighted by atomic mass is 10.0. The molecule has 168 valence electrons. The Labute approximate surface area is 179 Å². The second-order valence-corrected chi connectivity index (χ2v) is 7.83. The zero-order valence-electron chi connectivity index (χ0n) is 16.8. The Morgan fingerprint density at radius 1 is 1.19 bits per heavy atom. The summed E-state index contributed by atoms with van der Waals surface area (Å²) < 4.78 is 41.8. The van der Waals surface area contributed by atoms with Crippen molar-refractivity contribution in [1.29, 1.82) is 0 Å². The summed E-state index contributed by atoms with van der Waals surface area (Å²) in [5.41, 5.74) is -2.79. The molecule has 11 heteroatoms. The molecule has 0 aliphatic carbocycles. The Morgan fingerprint density at radius 3 is 2.50 bits per heavy atom. The number of nitrogens with zero attached hydrogens (tertiary/aromatic N) is 2. The third-order valence-corrected chi connectivity index (χ3v) is 5.87. The van der Waals surface area contributed by atoms with Crippen LogP contribution in [-0.2, 0) is 11.3 Å². The zero-order chi connectivity index (χ0) is 23.3. The molecule has 2 bridgehead atoms. The van der Waals surface area contributed by atoms with Crippen LogP contribution in [-0.4, -0.2) is 44.8 Å². The number of benzene rings is 1. The quantitative estimate of drug-likeness (QED) is 0.741. The Bertz CT molecular complexity index is 1200. The summed E-state index contributed by atoms with van der Waals surface area (Å²) in [5, 5.41) is 12.6. The first-order valence-corrected chi connectivity index (χ1v) is 9.83. The molecule has 0 spiro atoms. The highest BCUT2D eigenvalue weighted by Crippen LogP contribution is 2.32. The molecule has 32 heavy (non-hydrogen) atoms. The second kappa shape index (κ2) is 7.81. The van der Waals surface area contributed by atoms with Crippen molar-refractivity contribution >= 4 is 17.6 Å². The van der Waals surface area contributed by atoms with Crippen molar-refractivity contribution in [2.45, 2.75) is 38.4 Å². The van der Waals surface area contributed by atoms with Gasteiger partial charge in [-0.05, 0) is 13.3 Å². The maximum absolute atomic E-state index is 13.8. The lowest BCUT2D eigenvalue weighted by Crippen LogP contribution is -2.48. The van der Waals surface area contributed by atoms with E-state index < -0.39 is 64.2 Å². The van der Waals surface area contributed by atoms with E-state index in [-0.39, 0.29) is 30.5 Å². The van der Waals surface area contributed by atoms with Gasteiger partial charge in [0.15, 0.2) is 17.2 Å². The van der Waals surface area contributed by atoms with Gasteiger partial charge in [0.25, 0.3) is 11.8 Å². The topological polar surface area (TPSA) is 109 Å².